The summed E-state index contributed by atoms with van der Waals surface area (Å²) in [5.41, 5.74) is 13.5. The number of methoxy groups -OCH3 is 3. The fourth-order valence-electron chi connectivity index (χ4n) is 18.7. The summed E-state index contributed by atoms with van der Waals surface area (Å²) in [7, 11) is 1.89. The number of sulfonamides is 1. The average molecular weight is 1550 g/mol. The van der Waals surface area contributed by atoms with Gasteiger partial charge in [0.05, 0.1) is 79.0 Å². The van der Waals surface area contributed by atoms with Crippen molar-refractivity contribution >= 4 is 61.6 Å². The van der Waals surface area contributed by atoms with E-state index in [0.29, 0.717) is 93.4 Å². The van der Waals surface area contributed by atoms with Gasteiger partial charge >= 0.3 is 6.18 Å². The first kappa shape index (κ1) is 78.6. The molecule has 5 saturated carbocycles. The highest BCUT2D eigenvalue weighted by atomic mass is 32.2. The molecule has 0 amide bonds. The Morgan fingerprint density at radius 3 is 1.42 bits per heavy atom. The fourth-order valence-corrected chi connectivity index (χ4v) is 20.5. The molecule has 8 aromatic heterocycles. The molecule has 9 aliphatic rings. The first-order chi connectivity index (χ1) is 53.6. The molecule has 12 heterocycles. The molecule has 600 valence electrons. The number of nitrogens with one attached hydrogen (secondary N) is 3. The molecule has 5 N–H and O–H groups in total. The number of ether oxygens (including phenoxy) is 3. The van der Waals surface area contributed by atoms with Crippen LogP contribution in [-0.2, 0) is 24.2 Å². The van der Waals surface area contributed by atoms with Gasteiger partial charge in [0.15, 0.2) is 0 Å². The quantitative estimate of drug-likeness (QED) is 0.0398. The summed E-state index contributed by atoms with van der Waals surface area (Å²) in [6, 6.07) is 15.2. The number of piperazine rings is 1. The molecule has 111 heavy (non-hydrogen) atoms. The molecular weight excluding hydrogens is 1440 g/mol. The molecular formula is C82H113F3N18O7S. The molecule has 5 aliphatic carbocycles. The lowest BCUT2D eigenvalue weighted by Gasteiger charge is -2.38. The van der Waals surface area contributed by atoms with E-state index in [9.17, 15) is 31.8 Å². The van der Waals surface area contributed by atoms with Gasteiger partial charge in [-0.05, 0) is 207 Å². The van der Waals surface area contributed by atoms with Crippen LogP contribution in [0, 0.1) is 11.3 Å². The first-order valence-electron chi connectivity index (χ1n) is 40.8. The predicted octanol–water partition coefficient (Wildman–Crippen LogP) is 13.2. The predicted molar refractivity (Wildman–Crippen MR) is 426 cm³/mol. The highest BCUT2D eigenvalue weighted by Gasteiger charge is 2.46. The molecule has 0 radical (unpaired) electrons. The van der Waals surface area contributed by atoms with Crippen LogP contribution < -0.4 is 25.8 Å². The van der Waals surface area contributed by atoms with Gasteiger partial charge in [0.25, 0.3) is 0 Å². The van der Waals surface area contributed by atoms with Crippen LogP contribution in [0.1, 0.15) is 203 Å². The summed E-state index contributed by atoms with van der Waals surface area (Å²) in [6.07, 6.45) is 27.8. The van der Waals surface area contributed by atoms with Gasteiger partial charge in [0, 0.05) is 155 Å². The second-order valence-electron chi connectivity index (χ2n) is 33.5. The maximum atomic E-state index is 13.2. The monoisotopic (exact) mass is 1550 g/mol. The number of hydrogen-bond donors (Lipinski definition) is 5. The van der Waals surface area contributed by atoms with Gasteiger partial charge < -0.3 is 50.2 Å². The maximum absolute atomic E-state index is 13.2. The number of fused-ring (bicyclic) bond motifs is 5. The van der Waals surface area contributed by atoms with Crippen LogP contribution in [0.4, 0.5) is 42.7 Å². The number of nitrogens with zero attached hydrogens (tertiary/aromatic N) is 15. The number of aliphatic hydroxyl groups excluding tert-OH is 2. The number of hydrogen-bond acceptors (Lipinski definition) is 21. The molecule has 17 rings (SSSR count). The molecule has 3 saturated heterocycles. The Bertz CT molecular complexity index is 4650. The lowest BCUT2D eigenvalue weighted by molar-refractivity contribution is -0.150. The smallest absolute Gasteiger partial charge is 0.393 e. The van der Waals surface area contributed by atoms with Gasteiger partial charge in [0.2, 0.25) is 27.9 Å². The van der Waals surface area contributed by atoms with Crippen LogP contribution in [0.3, 0.4) is 0 Å². The Hall–Kier alpha value is -7.64. The van der Waals surface area contributed by atoms with Crippen LogP contribution in [0.2, 0.25) is 0 Å². The molecule has 2 bridgehead atoms. The molecule has 4 aliphatic heterocycles. The van der Waals surface area contributed by atoms with Gasteiger partial charge in [0.1, 0.15) is 11.6 Å². The van der Waals surface area contributed by atoms with Crippen molar-refractivity contribution < 1.29 is 46.0 Å². The minimum atomic E-state index is -4.17. The third-order valence-electron chi connectivity index (χ3n) is 25.1. The molecule has 5 atom stereocenters. The zero-order valence-electron chi connectivity index (χ0n) is 65.5. The minimum absolute atomic E-state index is 0.0627. The van der Waals surface area contributed by atoms with E-state index >= 15 is 0 Å². The van der Waals surface area contributed by atoms with Crippen molar-refractivity contribution in [1.29, 1.82) is 0 Å². The van der Waals surface area contributed by atoms with Crippen molar-refractivity contribution in [1.82, 2.24) is 63.0 Å². The highest BCUT2D eigenvalue weighted by Crippen LogP contribution is 2.50. The van der Waals surface area contributed by atoms with E-state index < -0.39 is 22.7 Å². The number of pyridine rings is 2. The van der Waals surface area contributed by atoms with Crippen LogP contribution in [0.5, 0.6) is 0 Å². The molecule has 0 aromatic carbocycles. The van der Waals surface area contributed by atoms with E-state index in [-0.39, 0.29) is 47.7 Å². The number of aromatic nitrogens is 11. The van der Waals surface area contributed by atoms with Gasteiger partial charge in [-0.25, -0.2) is 46.9 Å². The van der Waals surface area contributed by atoms with Crippen molar-refractivity contribution in [2.45, 2.75) is 234 Å². The molecule has 25 nitrogen and oxygen atoms in total. The SMILES string of the molecule is COC[C@H](C)Nc1ncc2c(-c3ccnc(N4CCC5(CCC5)C4)c3)cc(C3CCC(O)CC3)n2n1.COC[C@H](C)Nc1ncc2c(-c3ccnc(N4CCN(S(=O)(=O)C5CC5)CC4)c3)cc(C3CCC(O)CC3)n2n1.COC[C@H](C)Nc1ncc2c(C3=C[C@H]4CC[C@@H](C3)N4CC(F)(F)F)cc(C3CCC(C)CC3)n2n1. The van der Waals surface area contributed by atoms with Crippen LogP contribution in [-0.4, -0.2) is 222 Å². The summed E-state index contributed by atoms with van der Waals surface area (Å²) in [6.45, 7) is 13.7. The van der Waals surface area contributed by atoms with Crippen molar-refractivity contribution in [3.05, 3.63) is 102 Å². The van der Waals surface area contributed by atoms with Gasteiger partial charge in [-0.3, -0.25) is 4.90 Å². The zero-order chi connectivity index (χ0) is 77.3. The van der Waals surface area contributed by atoms with Crippen molar-refractivity contribution in [3.8, 4) is 22.3 Å². The second kappa shape index (κ2) is 33.8. The topological polar surface area (TPSA) is 268 Å². The first-order valence-corrected chi connectivity index (χ1v) is 42.3. The van der Waals surface area contributed by atoms with Crippen molar-refractivity contribution in [3.63, 3.8) is 0 Å². The molecule has 0 unspecified atom stereocenters. The van der Waals surface area contributed by atoms with Crippen molar-refractivity contribution in [2.24, 2.45) is 11.3 Å². The Morgan fingerprint density at radius 1 is 0.550 bits per heavy atom. The minimum Gasteiger partial charge on any atom is -0.393 e. The second-order valence-corrected chi connectivity index (χ2v) is 35.7. The van der Waals surface area contributed by atoms with Gasteiger partial charge in [-0.2, -0.15) is 17.5 Å². The Labute approximate surface area is 650 Å². The normalized spacial score (nSPS) is 25.2. The number of halogens is 3. The summed E-state index contributed by atoms with van der Waals surface area (Å²) in [5, 5.41) is 44.7. The lowest BCUT2D eigenvalue weighted by atomic mass is 9.68. The van der Waals surface area contributed by atoms with Gasteiger partial charge in [-0.1, -0.05) is 32.3 Å². The summed E-state index contributed by atoms with van der Waals surface area (Å²) >= 11 is 0. The van der Waals surface area contributed by atoms with E-state index in [1.807, 2.05) is 59.9 Å². The molecule has 29 heteroatoms. The summed E-state index contributed by atoms with van der Waals surface area (Å²) in [4.78, 5) is 29.5. The largest absolute Gasteiger partial charge is 0.401 e. The number of aliphatic hydroxyl groups is 2. The van der Waals surface area contributed by atoms with E-state index in [0.717, 1.165) is 176 Å². The average Bonchev–Trinajstić information content (AvgIpc) is 1.62. The number of anilines is 5. The van der Waals surface area contributed by atoms with E-state index in [1.165, 1.54) is 49.9 Å². The third-order valence-corrected chi connectivity index (χ3v) is 27.5. The summed E-state index contributed by atoms with van der Waals surface area (Å²) < 4.78 is 88.4. The fraction of sp³-hybridized carbons (Fsp3) is 0.634. The third kappa shape index (κ3) is 17.8. The standard InChI is InChI=1S/C28H39N7O4S.C28H38N6O2.C26H36F3N5O/c1-19(18-39-2)31-28-30-17-26-24(16-25(35(26)32-28)20-3-5-22(36)6-4-20)21-9-10-29-27(15-21)33-11-13-34(14-12-33)40(37,38)23-7-8-23;1-19(17-36-2)31-27-30-16-25-23(15-24(34(25)32-27)20-4-6-22(35)7-5-20)21-8-12-29-26(14-21)33-13-11-28(18-33)9-3-10-28;1-16-4-6-18(7-5-16)23-12-22(24-13-30-25(32-34(23)24)31-17(2)14-35-3)19-10-20-8-9-21(11-19)33(20)15-26(27,28)29/h9-10,15-17,19-20,22-23,36H,3-8,11-14,18H2,1-2H3,(H,31,32);8,12,14-16,19-20,22,35H,3-7,9-11,13,17-18H2,1-2H3,(H,31,32);10,12-13,16-18,20-21H,4-9,11,14-15H2,1-3H3,(H,31,32)/t2*19-,20?,22?;16?,17-,18?,20+,21-/m000/s1. The van der Waals surface area contributed by atoms with E-state index in [1.54, 1.807) is 30.5 Å². The molecule has 8 fully saturated rings. The lowest BCUT2D eigenvalue weighted by Crippen LogP contribution is -2.49. The number of rotatable bonds is 23. The van der Waals surface area contributed by atoms with Crippen LogP contribution in [0.25, 0.3) is 44.4 Å². The van der Waals surface area contributed by atoms with E-state index in [2.05, 4.69) is 107 Å². The highest BCUT2D eigenvalue weighted by molar-refractivity contribution is 7.90. The van der Waals surface area contributed by atoms with Crippen LogP contribution >= 0.6 is 0 Å². The number of alkyl halides is 3. The molecule has 8 aromatic rings. The Balaban J connectivity index is 0.000000132. The van der Waals surface area contributed by atoms with Gasteiger partial charge in [-0.15, -0.1) is 15.3 Å². The Morgan fingerprint density at radius 2 is 1.00 bits per heavy atom. The Kier molecular flexibility index (Phi) is 24.0. The maximum Gasteiger partial charge on any atom is 0.401 e. The summed E-state index contributed by atoms with van der Waals surface area (Å²) in [5.74, 6) is 5.46. The van der Waals surface area contributed by atoms with Crippen molar-refractivity contribution in [2.75, 3.05) is 113 Å². The van der Waals surface area contributed by atoms with E-state index in [4.69, 9.17) is 34.5 Å². The van der Waals surface area contributed by atoms with Crippen LogP contribution in [0.15, 0.2) is 79.5 Å². The zero-order valence-corrected chi connectivity index (χ0v) is 66.4. The molecule has 1 spiro atoms.